The van der Waals surface area contributed by atoms with Gasteiger partial charge in [-0.1, -0.05) is 11.3 Å². The minimum atomic E-state index is -0.306. The monoisotopic (exact) mass is 267 g/mol. The smallest absolute Gasteiger partial charge is 0.312 e. The molecule has 98 valence electrons. The predicted molar refractivity (Wildman–Crippen MR) is 70.8 cm³/mol. The molecule has 1 N–H and O–H groups in total. The summed E-state index contributed by atoms with van der Waals surface area (Å²) in [5, 5.41) is 16.4. The van der Waals surface area contributed by atoms with Crippen LogP contribution < -0.4 is 5.32 Å². The van der Waals surface area contributed by atoms with Gasteiger partial charge in [0.1, 0.15) is 0 Å². The summed E-state index contributed by atoms with van der Waals surface area (Å²) in [5.41, 5.74) is 1.07. The molecule has 2 aliphatic rings. The Labute approximate surface area is 110 Å². The fourth-order valence-corrected chi connectivity index (χ4v) is 3.78. The van der Waals surface area contributed by atoms with Crippen molar-refractivity contribution in [2.24, 2.45) is 5.92 Å². The maximum atomic E-state index is 10.6. The van der Waals surface area contributed by atoms with Crippen molar-refractivity contribution in [1.29, 1.82) is 0 Å². The van der Waals surface area contributed by atoms with Crippen LogP contribution in [0, 0.1) is 16.0 Å². The summed E-state index contributed by atoms with van der Waals surface area (Å²) in [6.45, 7) is 4.19. The van der Waals surface area contributed by atoms with E-state index in [9.17, 15) is 10.1 Å². The second kappa shape index (κ2) is 4.95. The van der Waals surface area contributed by atoms with Gasteiger partial charge < -0.3 is 5.32 Å². The van der Waals surface area contributed by atoms with Gasteiger partial charge in [-0.25, -0.2) is 0 Å². The summed E-state index contributed by atoms with van der Waals surface area (Å²) < 4.78 is 0. The lowest BCUT2D eigenvalue weighted by molar-refractivity contribution is -0.380. The van der Waals surface area contributed by atoms with Gasteiger partial charge in [0.2, 0.25) is 0 Å². The molecule has 2 aliphatic heterocycles. The minimum absolute atomic E-state index is 0.250. The highest BCUT2D eigenvalue weighted by Crippen LogP contribution is 2.28. The number of thiophene rings is 1. The van der Waals surface area contributed by atoms with Gasteiger partial charge in [-0.3, -0.25) is 15.0 Å². The molecule has 2 atom stereocenters. The highest BCUT2D eigenvalue weighted by Gasteiger charge is 2.34. The van der Waals surface area contributed by atoms with E-state index in [1.807, 2.05) is 5.38 Å². The van der Waals surface area contributed by atoms with E-state index < -0.39 is 0 Å². The zero-order chi connectivity index (χ0) is 12.5. The van der Waals surface area contributed by atoms with Gasteiger partial charge in [-0.2, -0.15) is 0 Å². The van der Waals surface area contributed by atoms with E-state index in [1.165, 1.54) is 24.2 Å². The SMILES string of the molecule is O=[N+]([O-])c1cc(CN2CC3CCCNC3C2)cs1. The Balaban J connectivity index is 1.61. The van der Waals surface area contributed by atoms with Crippen LogP contribution in [0.25, 0.3) is 0 Å². The number of piperidine rings is 1. The van der Waals surface area contributed by atoms with Crippen LogP contribution in [-0.2, 0) is 6.54 Å². The molecular formula is C12H17N3O2S. The Hall–Kier alpha value is -0.980. The third-order valence-corrected chi connectivity index (χ3v) is 4.83. The summed E-state index contributed by atoms with van der Waals surface area (Å²) in [4.78, 5) is 12.8. The maximum Gasteiger partial charge on any atom is 0.324 e. The molecule has 5 nitrogen and oxygen atoms in total. The third kappa shape index (κ3) is 2.41. The Morgan fingerprint density at radius 3 is 3.17 bits per heavy atom. The van der Waals surface area contributed by atoms with Crippen LogP contribution in [0.5, 0.6) is 0 Å². The van der Waals surface area contributed by atoms with Crippen molar-refractivity contribution in [1.82, 2.24) is 10.2 Å². The predicted octanol–water partition coefficient (Wildman–Crippen LogP) is 1.84. The second-order valence-electron chi connectivity index (χ2n) is 5.21. The average Bonchev–Trinajstić information content (AvgIpc) is 2.94. The molecule has 18 heavy (non-hydrogen) atoms. The highest BCUT2D eigenvalue weighted by atomic mass is 32.1. The van der Waals surface area contributed by atoms with E-state index in [2.05, 4.69) is 10.2 Å². The molecule has 0 saturated carbocycles. The first-order valence-corrected chi connectivity index (χ1v) is 7.28. The van der Waals surface area contributed by atoms with E-state index in [1.54, 1.807) is 6.07 Å². The van der Waals surface area contributed by atoms with Gasteiger partial charge in [0.25, 0.3) is 0 Å². The van der Waals surface area contributed by atoms with Crippen molar-refractivity contribution in [2.75, 3.05) is 19.6 Å². The van der Waals surface area contributed by atoms with Crippen molar-refractivity contribution in [3.8, 4) is 0 Å². The van der Waals surface area contributed by atoms with Crippen molar-refractivity contribution in [3.05, 3.63) is 27.1 Å². The number of hydrogen-bond donors (Lipinski definition) is 1. The molecule has 3 rings (SSSR count). The quantitative estimate of drug-likeness (QED) is 0.670. The molecule has 2 fully saturated rings. The molecule has 2 saturated heterocycles. The topological polar surface area (TPSA) is 58.4 Å². The average molecular weight is 267 g/mol. The van der Waals surface area contributed by atoms with Crippen LogP contribution in [0.3, 0.4) is 0 Å². The van der Waals surface area contributed by atoms with Crippen LogP contribution in [0.1, 0.15) is 18.4 Å². The van der Waals surface area contributed by atoms with Gasteiger partial charge in [-0.15, -0.1) is 0 Å². The maximum absolute atomic E-state index is 10.6. The van der Waals surface area contributed by atoms with Gasteiger partial charge >= 0.3 is 5.00 Å². The second-order valence-corrected chi connectivity index (χ2v) is 6.10. The van der Waals surface area contributed by atoms with Crippen molar-refractivity contribution in [2.45, 2.75) is 25.4 Å². The zero-order valence-electron chi connectivity index (χ0n) is 10.2. The Morgan fingerprint density at radius 1 is 1.56 bits per heavy atom. The standard InChI is InChI=1S/C12H17N3O2S/c16-15(17)12-4-9(8-18-12)5-14-6-10-2-1-3-13-11(10)7-14/h4,8,10-11,13H,1-3,5-7H2. The number of hydrogen-bond acceptors (Lipinski definition) is 5. The summed E-state index contributed by atoms with van der Waals surface area (Å²) in [5.74, 6) is 0.771. The molecule has 0 aromatic carbocycles. The Bertz CT molecular complexity index is 434. The van der Waals surface area contributed by atoms with Crippen LogP contribution >= 0.6 is 11.3 Å². The van der Waals surface area contributed by atoms with Gasteiger partial charge in [-0.05, 0) is 30.9 Å². The molecule has 2 unspecified atom stereocenters. The summed E-state index contributed by atoms with van der Waals surface area (Å²) in [6.07, 6.45) is 2.59. The minimum Gasteiger partial charge on any atom is -0.312 e. The van der Waals surface area contributed by atoms with Gasteiger partial charge in [0.15, 0.2) is 0 Å². The van der Waals surface area contributed by atoms with Gasteiger partial charge in [0.05, 0.1) is 4.92 Å². The molecular weight excluding hydrogens is 250 g/mol. The molecule has 3 heterocycles. The first-order valence-electron chi connectivity index (χ1n) is 6.40. The summed E-state index contributed by atoms with van der Waals surface area (Å²) in [6, 6.07) is 2.34. The molecule has 0 spiro atoms. The molecule has 0 bridgehead atoms. The Morgan fingerprint density at radius 2 is 2.44 bits per heavy atom. The van der Waals surface area contributed by atoms with E-state index in [-0.39, 0.29) is 9.92 Å². The normalized spacial score (nSPS) is 28.2. The van der Waals surface area contributed by atoms with Crippen LogP contribution in [0.4, 0.5) is 5.00 Å². The number of fused-ring (bicyclic) bond motifs is 1. The number of nitrogens with zero attached hydrogens (tertiary/aromatic N) is 2. The Kier molecular flexibility index (Phi) is 3.32. The van der Waals surface area contributed by atoms with Crippen molar-refractivity contribution < 1.29 is 4.92 Å². The van der Waals surface area contributed by atoms with Crippen LogP contribution in [0.15, 0.2) is 11.4 Å². The molecule has 0 aliphatic carbocycles. The zero-order valence-corrected chi connectivity index (χ0v) is 11.0. The van der Waals surface area contributed by atoms with E-state index in [4.69, 9.17) is 0 Å². The number of likely N-dealkylation sites (tertiary alicyclic amines) is 1. The molecule has 1 aromatic rings. The van der Waals surface area contributed by atoms with Crippen molar-refractivity contribution >= 4 is 16.3 Å². The largest absolute Gasteiger partial charge is 0.324 e. The van der Waals surface area contributed by atoms with E-state index in [0.29, 0.717) is 6.04 Å². The lowest BCUT2D eigenvalue weighted by Gasteiger charge is -2.24. The first kappa shape index (κ1) is 12.1. The molecule has 1 aromatic heterocycles. The summed E-state index contributed by atoms with van der Waals surface area (Å²) in [7, 11) is 0. The molecule has 0 radical (unpaired) electrons. The number of nitrogens with one attached hydrogen (secondary N) is 1. The fourth-order valence-electron chi connectivity index (χ4n) is 3.06. The number of nitro groups is 1. The van der Waals surface area contributed by atoms with Crippen LogP contribution in [0.2, 0.25) is 0 Å². The number of rotatable bonds is 3. The lowest BCUT2D eigenvalue weighted by atomic mass is 9.94. The fraction of sp³-hybridized carbons (Fsp3) is 0.667. The lowest BCUT2D eigenvalue weighted by Crippen LogP contribution is -2.40. The first-order chi connectivity index (χ1) is 8.72. The third-order valence-electron chi connectivity index (χ3n) is 3.90. The molecule has 6 heteroatoms. The highest BCUT2D eigenvalue weighted by molar-refractivity contribution is 7.13. The molecule has 0 amide bonds. The summed E-state index contributed by atoms with van der Waals surface area (Å²) >= 11 is 1.23. The van der Waals surface area contributed by atoms with E-state index >= 15 is 0 Å². The van der Waals surface area contributed by atoms with E-state index in [0.717, 1.165) is 37.7 Å². The van der Waals surface area contributed by atoms with Gasteiger partial charge in [0, 0.05) is 37.1 Å². The van der Waals surface area contributed by atoms with Crippen molar-refractivity contribution in [3.63, 3.8) is 0 Å². The van der Waals surface area contributed by atoms with Crippen LogP contribution in [-0.4, -0.2) is 35.5 Å².